The van der Waals surface area contributed by atoms with Gasteiger partial charge in [0.15, 0.2) is 11.5 Å². The van der Waals surface area contributed by atoms with Crippen LogP contribution >= 0.6 is 11.6 Å². The molecule has 0 fully saturated rings. The number of hydrogen-bond donors (Lipinski definition) is 0. The molecule has 0 aromatic heterocycles. The Morgan fingerprint density at radius 3 is 2.35 bits per heavy atom. The summed E-state index contributed by atoms with van der Waals surface area (Å²) in [6.07, 6.45) is 1.58. The molecular formula is C24H18ClN3O6. The molecule has 0 aliphatic heterocycles. The molecular weight excluding hydrogens is 462 g/mol. The van der Waals surface area contributed by atoms with Crippen molar-refractivity contribution in [2.45, 2.75) is 13.5 Å². The Kier molecular flexibility index (Phi) is 7.79. The Hall–Kier alpha value is -4.42. The number of hydrogen-bond acceptors (Lipinski definition) is 7. The van der Waals surface area contributed by atoms with Gasteiger partial charge in [-0.25, -0.2) is 0 Å². The zero-order chi connectivity index (χ0) is 24.7. The minimum atomic E-state index is -0.514. The second-order valence-corrected chi connectivity index (χ2v) is 7.36. The normalized spacial score (nSPS) is 10.9. The number of allylic oxidation sites excluding steroid dienone is 1. The first-order valence-corrected chi connectivity index (χ1v) is 10.4. The Labute approximate surface area is 199 Å². The first kappa shape index (κ1) is 24.2. The molecule has 0 amide bonds. The molecule has 0 aliphatic carbocycles. The monoisotopic (exact) mass is 479 g/mol. The van der Waals surface area contributed by atoms with Crippen molar-refractivity contribution in [1.29, 1.82) is 5.26 Å². The molecule has 10 heteroatoms. The summed E-state index contributed by atoms with van der Waals surface area (Å²) in [5.74, 6) is 0.605. The van der Waals surface area contributed by atoms with E-state index in [1.165, 1.54) is 36.4 Å². The quantitative estimate of drug-likeness (QED) is 0.154. The van der Waals surface area contributed by atoms with Crippen LogP contribution in [0.2, 0.25) is 5.02 Å². The molecule has 9 nitrogen and oxygen atoms in total. The number of nitriles is 1. The van der Waals surface area contributed by atoms with Gasteiger partial charge in [-0.1, -0.05) is 23.7 Å². The summed E-state index contributed by atoms with van der Waals surface area (Å²) >= 11 is 6.45. The molecule has 0 atom stereocenters. The molecule has 0 heterocycles. The van der Waals surface area contributed by atoms with Crippen LogP contribution in [0, 0.1) is 31.6 Å². The smallest absolute Gasteiger partial charge is 0.269 e. The van der Waals surface area contributed by atoms with Crippen molar-refractivity contribution in [2.75, 3.05) is 6.61 Å². The maximum Gasteiger partial charge on any atom is 0.269 e. The van der Waals surface area contributed by atoms with Gasteiger partial charge >= 0.3 is 0 Å². The van der Waals surface area contributed by atoms with Gasteiger partial charge in [-0.3, -0.25) is 20.2 Å². The first-order valence-electron chi connectivity index (χ1n) is 10.0. The number of ether oxygens (including phenoxy) is 2. The van der Waals surface area contributed by atoms with Crippen LogP contribution in [0.3, 0.4) is 0 Å². The van der Waals surface area contributed by atoms with Crippen LogP contribution in [0.25, 0.3) is 11.6 Å². The van der Waals surface area contributed by atoms with Crippen LogP contribution < -0.4 is 9.47 Å². The molecule has 3 aromatic carbocycles. The van der Waals surface area contributed by atoms with Crippen molar-refractivity contribution in [2.24, 2.45) is 0 Å². The van der Waals surface area contributed by atoms with Gasteiger partial charge in [-0.15, -0.1) is 0 Å². The zero-order valence-corrected chi connectivity index (χ0v) is 18.7. The Morgan fingerprint density at radius 1 is 1.03 bits per heavy atom. The fourth-order valence-electron chi connectivity index (χ4n) is 3.10. The Morgan fingerprint density at radius 2 is 1.74 bits per heavy atom. The van der Waals surface area contributed by atoms with Crippen molar-refractivity contribution in [3.05, 3.63) is 103 Å². The maximum atomic E-state index is 11.0. The van der Waals surface area contributed by atoms with E-state index in [1.54, 1.807) is 37.3 Å². The minimum absolute atomic E-state index is 0.0307. The lowest BCUT2D eigenvalue weighted by Gasteiger charge is -2.15. The third-order valence-corrected chi connectivity index (χ3v) is 4.94. The Bertz CT molecular complexity index is 1300. The van der Waals surface area contributed by atoms with Crippen LogP contribution in [0.1, 0.15) is 23.6 Å². The number of nitrogens with zero attached hydrogens (tertiary/aromatic N) is 3. The van der Waals surface area contributed by atoms with Gasteiger partial charge in [0.2, 0.25) is 0 Å². The van der Waals surface area contributed by atoms with E-state index in [9.17, 15) is 25.5 Å². The fourth-order valence-corrected chi connectivity index (χ4v) is 3.37. The summed E-state index contributed by atoms with van der Waals surface area (Å²) in [5, 5.41) is 31.7. The zero-order valence-electron chi connectivity index (χ0n) is 17.9. The lowest BCUT2D eigenvalue weighted by Crippen LogP contribution is -2.01. The summed E-state index contributed by atoms with van der Waals surface area (Å²) in [7, 11) is 0. The minimum Gasteiger partial charge on any atom is -0.490 e. The van der Waals surface area contributed by atoms with Crippen LogP contribution in [0.5, 0.6) is 11.5 Å². The SMILES string of the molecule is CCOc1cc(/C=C(/C#N)c2ccc([N+](=O)[O-])cc2)cc(Cl)c1OCc1cccc([N+](=O)[O-])c1. The highest BCUT2D eigenvalue weighted by Gasteiger charge is 2.15. The van der Waals surface area contributed by atoms with Crippen LogP contribution in [-0.2, 0) is 6.61 Å². The molecule has 3 aromatic rings. The average Bonchev–Trinajstić information content (AvgIpc) is 2.82. The van der Waals surface area contributed by atoms with Gasteiger partial charge < -0.3 is 9.47 Å². The van der Waals surface area contributed by atoms with E-state index in [0.29, 0.717) is 29.0 Å². The van der Waals surface area contributed by atoms with Crippen LogP contribution in [-0.4, -0.2) is 16.5 Å². The van der Waals surface area contributed by atoms with Gasteiger partial charge in [0.05, 0.1) is 33.1 Å². The van der Waals surface area contributed by atoms with E-state index < -0.39 is 9.85 Å². The van der Waals surface area contributed by atoms with Crippen molar-refractivity contribution < 1.29 is 19.3 Å². The predicted octanol–water partition coefficient (Wildman–Crippen LogP) is 6.20. The van der Waals surface area contributed by atoms with Gasteiger partial charge in [0.1, 0.15) is 6.61 Å². The van der Waals surface area contributed by atoms with E-state index in [0.717, 1.165) is 0 Å². The van der Waals surface area contributed by atoms with E-state index in [1.807, 2.05) is 0 Å². The topological polar surface area (TPSA) is 129 Å². The molecule has 0 saturated heterocycles. The second kappa shape index (κ2) is 10.9. The number of nitro benzene ring substituents is 2. The standard InChI is InChI=1S/C24H18ClN3O6/c1-2-33-23-13-17(10-19(14-26)18-6-8-20(9-7-18)27(29)30)12-22(25)24(23)34-15-16-4-3-5-21(11-16)28(31)32/h3-13H,2,15H2,1H3/b19-10-. The van der Waals surface area contributed by atoms with Gasteiger partial charge in [0, 0.05) is 24.3 Å². The van der Waals surface area contributed by atoms with Crippen molar-refractivity contribution in [3.8, 4) is 17.6 Å². The molecule has 0 radical (unpaired) electrons. The van der Waals surface area contributed by atoms with E-state index in [2.05, 4.69) is 6.07 Å². The van der Waals surface area contributed by atoms with Gasteiger partial charge in [-0.2, -0.15) is 5.26 Å². The molecule has 0 aliphatic rings. The second-order valence-electron chi connectivity index (χ2n) is 6.95. The highest BCUT2D eigenvalue weighted by molar-refractivity contribution is 6.32. The number of benzene rings is 3. The lowest BCUT2D eigenvalue weighted by molar-refractivity contribution is -0.385. The summed E-state index contributed by atoms with van der Waals surface area (Å²) in [6, 6.07) is 17.0. The third-order valence-electron chi connectivity index (χ3n) is 4.66. The number of halogens is 1. The molecule has 34 heavy (non-hydrogen) atoms. The summed E-state index contributed by atoms with van der Waals surface area (Å²) in [5.41, 5.74) is 1.81. The largest absolute Gasteiger partial charge is 0.490 e. The predicted molar refractivity (Wildman–Crippen MR) is 127 cm³/mol. The number of non-ortho nitro benzene ring substituents is 2. The number of nitro groups is 2. The van der Waals surface area contributed by atoms with E-state index >= 15 is 0 Å². The molecule has 172 valence electrons. The third kappa shape index (κ3) is 5.88. The highest BCUT2D eigenvalue weighted by Crippen LogP contribution is 2.38. The fraction of sp³-hybridized carbons (Fsp3) is 0.125. The molecule has 0 unspecified atom stereocenters. The van der Waals surface area contributed by atoms with Crippen LogP contribution in [0.15, 0.2) is 60.7 Å². The van der Waals surface area contributed by atoms with E-state index in [-0.39, 0.29) is 34.3 Å². The Balaban J connectivity index is 1.90. The highest BCUT2D eigenvalue weighted by atomic mass is 35.5. The van der Waals surface area contributed by atoms with Crippen molar-refractivity contribution >= 4 is 34.6 Å². The summed E-state index contributed by atoms with van der Waals surface area (Å²) < 4.78 is 11.5. The van der Waals surface area contributed by atoms with Crippen LogP contribution in [0.4, 0.5) is 11.4 Å². The van der Waals surface area contributed by atoms with Gasteiger partial charge in [0.25, 0.3) is 11.4 Å². The average molecular weight is 480 g/mol. The summed E-state index contributed by atoms with van der Waals surface area (Å²) in [4.78, 5) is 20.8. The molecule has 0 bridgehead atoms. The van der Waals surface area contributed by atoms with Crippen molar-refractivity contribution in [3.63, 3.8) is 0 Å². The molecule has 0 N–H and O–H groups in total. The molecule has 0 spiro atoms. The van der Waals surface area contributed by atoms with E-state index in [4.69, 9.17) is 21.1 Å². The number of rotatable bonds is 9. The summed E-state index contributed by atoms with van der Waals surface area (Å²) in [6.45, 7) is 2.14. The lowest BCUT2D eigenvalue weighted by atomic mass is 10.0. The maximum absolute atomic E-state index is 11.0. The molecule has 0 saturated carbocycles. The van der Waals surface area contributed by atoms with Crippen molar-refractivity contribution in [1.82, 2.24) is 0 Å². The van der Waals surface area contributed by atoms with Gasteiger partial charge in [-0.05, 0) is 54.0 Å². The first-order chi connectivity index (χ1) is 16.3. The molecule has 3 rings (SSSR count).